The second-order valence-electron chi connectivity index (χ2n) is 4.15. The summed E-state index contributed by atoms with van der Waals surface area (Å²) in [6.07, 6.45) is 0.497. The first kappa shape index (κ1) is 13.9. The summed E-state index contributed by atoms with van der Waals surface area (Å²) in [6, 6.07) is 5.70. The normalized spacial score (nSPS) is 19.1. The summed E-state index contributed by atoms with van der Waals surface area (Å²) in [5, 5.41) is 9.19. The molecule has 6 heteroatoms. The quantitative estimate of drug-likeness (QED) is 0.788. The smallest absolute Gasteiger partial charge is 0.227 e. The predicted molar refractivity (Wildman–Crippen MR) is 80.9 cm³/mol. The van der Waals surface area contributed by atoms with Crippen molar-refractivity contribution in [2.24, 2.45) is 5.92 Å². The molecule has 1 aromatic carbocycles. The van der Waals surface area contributed by atoms with Gasteiger partial charge in [-0.15, -0.1) is 0 Å². The Morgan fingerprint density at radius 3 is 2.78 bits per heavy atom. The highest BCUT2D eigenvalue weighted by Crippen LogP contribution is 2.36. The lowest BCUT2D eigenvalue weighted by atomic mass is 10.1. The zero-order valence-electron chi connectivity index (χ0n) is 9.36. The third-order valence-electron chi connectivity index (χ3n) is 2.88. The molecule has 18 heavy (non-hydrogen) atoms. The van der Waals surface area contributed by atoms with Gasteiger partial charge in [0.2, 0.25) is 5.91 Å². The molecule has 1 aromatic rings. The van der Waals surface area contributed by atoms with Crippen molar-refractivity contribution in [3.63, 3.8) is 0 Å². The Balaban J connectivity index is 2.46. The maximum absolute atomic E-state index is 12.0. The highest BCUT2D eigenvalue weighted by molar-refractivity contribution is 9.11. The second-order valence-corrected chi connectivity index (χ2v) is 6.29. The number of thiol groups is 1. The van der Waals surface area contributed by atoms with E-state index in [0.717, 1.165) is 8.95 Å². The molecule has 1 atom stereocenters. The Morgan fingerprint density at radius 1 is 1.50 bits per heavy atom. The monoisotopic (exact) mass is 388 g/mol. The van der Waals surface area contributed by atoms with Crippen LogP contribution in [-0.4, -0.2) is 18.2 Å². The van der Waals surface area contributed by atoms with Gasteiger partial charge in [0.25, 0.3) is 0 Å². The molecular weight excluding hydrogens is 380 g/mol. The first-order valence-corrected chi connectivity index (χ1v) is 7.59. The van der Waals surface area contributed by atoms with Crippen LogP contribution in [0, 0.1) is 17.2 Å². The van der Waals surface area contributed by atoms with Crippen molar-refractivity contribution in [2.75, 3.05) is 17.2 Å². The first-order valence-electron chi connectivity index (χ1n) is 5.37. The number of carbonyl (C=O) groups excluding carboxylic acids is 1. The van der Waals surface area contributed by atoms with Crippen LogP contribution in [-0.2, 0) is 4.79 Å². The zero-order valence-corrected chi connectivity index (χ0v) is 13.4. The van der Waals surface area contributed by atoms with E-state index in [1.165, 1.54) is 0 Å². The molecule has 1 fully saturated rings. The van der Waals surface area contributed by atoms with Crippen molar-refractivity contribution in [1.29, 1.82) is 5.26 Å². The molecule has 1 unspecified atom stereocenters. The fourth-order valence-corrected chi connectivity index (χ4v) is 3.73. The van der Waals surface area contributed by atoms with E-state index in [1.807, 2.05) is 6.07 Å². The van der Waals surface area contributed by atoms with Gasteiger partial charge in [0.1, 0.15) is 6.07 Å². The number of amides is 1. The van der Waals surface area contributed by atoms with Gasteiger partial charge >= 0.3 is 0 Å². The zero-order chi connectivity index (χ0) is 13.3. The molecule has 0 bridgehead atoms. The van der Waals surface area contributed by atoms with Crippen LogP contribution in [0.1, 0.15) is 12.0 Å². The van der Waals surface area contributed by atoms with Crippen molar-refractivity contribution >= 4 is 56.1 Å². The molecule has 0 aliphatic carbocycles. The van der Waals surface area contributed by atoms with Crippen LogP contribution in [0.2, 0.25) is 0 Å². The molecule has 3 nitrogen and oxygen atoms in total. The van der Waals surface area contributed by atoms with Gasteiger partial charge in [-0.2, -0.15) is 17.9 Å². The standard InChI is InChI=1S/C12H10Br2N2OS/c13-9-2-8(4-15)12(10(14)3-9)16-5-7(6-18)1-11(16)17/h2-3,7,18H,1,5-6H2. The molecule has 94 valence electrons. The maximum atomic E-state index is 12.0. The number of halogens is 2. The molecule has 1 aliphatic rings. The van der Waals surface area contributed by atoms with Crippen LogP contribution in [0.4, 0.5) is 5.69 Å². The summed E-state index contributed by atoms with van der Waals surface area (Å²) in [5.41, 5.74) is 1.15. The lowest BCUT2D eigenvalue weighted by Crippen LogP contribution is -2.26. The van der Waals surface area contributed by atoms with Gasteiger partial charge in [0.05, 0.1) is 11.3 Å². The van der Waals surface area contributed by atoms with Crippen molar-refractivity contribution < 1.29 is 4.79 Å². The molecule has 0 aromatic heterocycles. The largest absolute Gasteiger partial charge is 0.310 e. The van der Waals surface area contributed by atoms with Crippen molar-refractivity contribution in [1.82, 2.24) is 0 Å². The van der Waals surface area contributed by atoms with Gasteiger partial charge in [-0.3, -0.25) is 4.79 Å². The number of nitriles is 1. The third kappa shape index (κ3) is 2.58. The van der Waals surface area contributed by atoms with Crippen LogP contribution in [0.3, 0.4) is 0 Å². The summed E-state index contributed by atoms with van der Waals surface area (Å²) in [4.78, 5) is 13.7. The maximum Gasteiger partial charge on any atom is 0.227 e. The highest BCUT2D eigenvalue weighted by atomic mass is 79.9. The van der Waals surface area contributed by atoms with Gasteiger partial charge in [0, 0.05) is 21.9 Å². The van der Waals surface area contributed by atoms with Crippen molar-refractivity contribution in [2.45, 2.75) is 6.42 Å². The SMILES string of the molecule is N#Cc1cc(Br)cc(Br)c1N1CC(CS)CC1=O. The summed E-state index contributed by atoms with van der Waals surface area (Å²) < 4.78 is 1.56. The number of hydrogen-bond donors (Lipinski definition) is 1. The van der Waals surface area contributed by atoms with Gasteiger partial charge in [-0.05, 0) is 39.7 Å². The van der Waals surface area contributed by atoms with Crippen LogP contribution in [0.5, 0.6) is 0 Å². The van der Waals surface area contributed by atoms with Gasteiger partial charge in [-0.1, -0.05) is 15.9 Å². The molecule has 0 spiro atoms. The molecule has 0 saturated carbocycles. The number of carbonyl (C=O) groups is 1. The summed E-state index contributed by atoms with van der Waals surface area (Å²) in [5.74, 6) is 0.981. The number of benzene rings is 1. The van der Waals surface area contributed by atoms with Crippen LogP contribution in [0.15, 0.2) is 21.1 Å². The van der Waals surface area contributed by atoms with Gasteiger partial charge in [-0.25, -0.2) is 0 Å². The lowest BCUT2D eigenvalue weighted by Gasteiger charge is -2.20. The number of anilines is 1. The number of nitrogens with zero attached hydrogens (tertiary/aromatic N) is 2. The minimum absolute atomic E-state index is 0.0496. The average Bonchev–Trinajstić information content (AvgIpc) is 2.69. The topological polar surface area (TPSA) is 44.1 Å². The first-order chi connectivity index (χ1) is 8.56. The number of rotatable bonds is 2. The van der Waals surface area contributed by atoms with E-state index in [4.69, 9.17) is 0 Å². The van der Waals surface area contributed by atoms with E-state index in [1.54, 1.807) is 11.0 Å². The van der Waals surface area contributed by atoms with Crippen molar-refractivity contribution in [3.8, 4) is 6.07 Å². The van der Waals surface area contributed by atoms with E-state index in [9.17, 15) is 10.1 Å². The van der Waals surface area contributed by atoms with E-state index >= 15 is 0 Å². The molecule has 1 saturated heterocycles. The Kier molecular flexibility index (Phi) is 4.36. The van der Waals surface area contributed by atoms with Crippen LogP contribution < -0.4 is 4.90 Å². The lowest BCUT2D eigenvalue weighted by molar-refractivity contribution is -0.117. The fraction of sp³-hybridized carbons (Fsp3) is 0.333. The highest BCUT2D eigenvalue weighted by Gasteiger charge is 2.32. The van der Waals surface area contributed by atoms with Gasteiger partial charge < -0.3 is 4.90 Å². The van der Waals surface area contributed by atoms with E-state index in [0.29, 0.717) is 30.0 Å². The summed E-state index contributed by atoms with van der Waals surface area (Å²) in [7, 11) is 0. The molecule has 1 heterocycles. The minimum Gasteiger partial charge on any atom is -0.310 e. The third-order valence-corrected chi connectivity index (χ3v) is 4.46. The van der Waals surface area contributed by atoms with Gasteiger partial charge in [0.15, 0.2) is 0 Å². The van der Waals surface area contributed by atoms with Crippen LogP contribution in [0.25, 0.3) is 0 Å². The van der Waals surface area contributed by atoms with E-state index in [2.05, 4.69) is 50.6 Å². The minimum atomic E-state index is 0.0496. The predicted octanol–water partition coefficient (Wildman–Crippen LogP) is 3.37. The Labute approximate surface area is 128 Å². The molecule has 1 aliphatic heterocycles. The molecule has 0 N–H and O–H groups in total. The molecular formula is C12H10Br2N2OS. The van der Waals surface area contributed by atoms with Crippen molar-refractivity contribution in [3.05, 3.63) is 26.6 Å². The fourth-order valence-electron chi connectivity index (χ4n) is 2.05. The Hall–Kier alpha value is -0.510. The molecule has 2 rings (SSSR count). The Morgan fingerprint density at radius 2 is 2.22 bits per heavy atom. The van der Waals surface area contributed by atoms with Crippen LogP contribution >= 0.6 is 44.5 Å². The second kappa shape index (κ2) is 5.64. The van der Waals surface area contributed by atoms with E-state index in [-0.39, 0.29) is 11.8 Å². The summed E-state index contributed by atoms with van der Waals surface area (Å²) in [6.45, 7) is 0.622. The molecule has 0 radical (unpaired) electrons. The average molecular weight is 390 g/mol. The summed E-state index contributed by atoms with van der Waals surface area (Å²) >= 11 is 11.0. The number of hydrogen-bond acceptors (Lipinski definition) is 3. The Bertz CT molecular complexity index is 542. The molecule has 1 amide bonds. The van der Waals surface area contributed by atoms with E-state index < -0.39 is 0 Å².